The quantitative estimate of drug-likeness (QED) is 0.116. The van der Waals surface area contributed by atoms with Crippen molar-refractivity contribution in [2.75, 3.05) is 20.3 Å². The lowest BCUT2D eigenvalue weighted by Gasteiger charge is -2.24. The Kier molecular flexibility index (Phi) is 9.04. The Morgan fingerprint density at radius 2 is 1.81 bits per heavy atom. The van der Waals surface area contributed by atoms with Crippen LogP contribution in [-0.2, 0) is 9.53 Å². The van der Waals surface area contributed by atoms with Crippen LogP contribution in [0, 0.1) is 10.1 Å². The lowest BCUT2D eigenvalue weighted by molar-refractivity contribution is -0.385. The van der Waals surface area contributed by atoms with Crippen molar-refractivity contribution in [3.8, 4) is 28.4 Å². The molecule has 3 heterocycles. The van der Waals surface area contributed by atoms with Gasteiger partial charge < -0.3 is 14.2 Å². The minimum atomic E-state index is -0.798. The minimum Gasteiger partial charge on any atom is -0.497 e. The molecule has 1 atom stereocenters. The summed E-state index contributed by atoms with van der Waals surface area (Å²) in [6.07, 6.45) is 3.46. The summed E-state index contributed by atoms with van der Waals surface area (Å²) in [6, 6.07) is 20.4. The maximum Gasteiger partial charge on any atom is 0.338 e. The van der Waals surface area contributed by atoms with E-state index in [4.69, 9.17) is 19.3 Å². The zero-order chi connectivity index (χ0) is 33.9. The van der Waals surface area contributed by atoms with E-state index in [-0.39, 0.29) is 35.8 Å². The van der Waals surface area contributed by atoms with Crippen molar-refractivity contribution in [1.82, 2.24) is 14.3 Å². The van der Waals surface area contributed by atoms with Gasteiger partial charge in [-0.15, -0.1) is 0 Å². The second kappa shape index (κ2) is 13.5. The van der Waals surface area contributed by atoms with Crippen molar-refractivity contribution < 1.29 is 23.9 Å². The largest absolute Gasteiger partial charge is 0.497 e. The van der Waals surface area contributed by atoms with E-state index >= 15 is 0 Å². The van der Waals surface area contributed by atoms with Crippen molar-refractivity contribution in [2.45, 2.75) is 26.8 Å². The van der Waals surface area contributed by atoms with E-state index in [2.05, 4.69) is 4.99 Å². The van der Waals surface area contributed by atoms with Crippen LogP contribution in [0.15, 0.2) is 100 Å². The number of fused-ring (bicyclic) bond motifs is 1. The average molecular weight is 666 g/mol. The number of carbonyl (C=O) groups excluding carboxylic acids is 1. The molecule has 0 amide bonds. The van der Waals surface area contributed by atoms with Gasteiger partial charge in [0.05, 0.1) is 52.8 Å². The summed E-state index contributed by atoms with van der Waals surface area (Å²) in [4.78, 5) is 44.1. The molecule has 0 spiro atoms. The summed E-state index contributed by atoms with van der Waals surface area (Å²) in [5.74, 6) is 0.217. The molecular formula is C35H31N5O7S. The second-order valence-corrected chi connectivity index (χ2v) is 11.7. The van der Waals surface area contributed by atoms with Gasteiger partial charge in [-0.25, -0.2) is 14.5 Å². The van der Waals surface area contributed by atoms with Crippen LogP contribution in [0.2, 0.25) is 0 Å². The van der Waals surface area contributed by atoms with Crippen LogP contribution in [0.25, 0.3) is 23.0 Å². The maximum absolute atomic E-state index is 14.3. The van der Waals surface area contributed by atoms with E-state index in [1.807, 2.05) is 30.3 Å². The summed E-state index contributed by atoms with van der Waals surface area (Å²) in [6.45, 7) is 5.62. The summed E-state index contributed by atoms with van der Waals surface area (Å²) >= 11 is 1.17. The summed E-state index contributed by atoms with van der Waals surface area (Å²) in [5, 5.41) is 16.8. The highest BCUT2D eigenvalue weighted by molar-refractivity contribution is 7.07. The molecule has 0 bridgehead atoms. The first-order valence-electron chi connectivity index (χ1n) is 15.1. The van der Waals surface area contributed by atoms with Crippen LogP contribution < -0.4 is 24.4 Å². The normalized spacial score (nSPS) is 14.3. The number of carbonyl (C=O) groups is 1. The number of benzene rings is 3. The van der Waals surface area contributed by atoms with Crippen molar-refractivity contribution in [3.05, 3.63) is 131 Å². The molecule has 244 valence electrons. The Hall–Kier alpha value is -5.82. The molecule has 1 aliphatic heterocycles. The molecule has 5 aromatic rings. The fraction of sp³-hybridized carbons (Fsp3) is 0.200. The van der Waals surface area contributed by atoms with Gasteiger partial charge in [0.1, 0.15) is 11.4 Å². The van der Waals surface area contributed by atoms with Gasteiger partial charge >= 0.3 is 11.7 Å². The van der Waals surface area contributed by atoms with E-state index in [0.717, 1.165) is 5.69 Å². The fourth-order valence-corrected chi connectivity index (χ4v) is 6.59. The Morgan fingerprint density at radius 3 is 2.48 bits per heavy atom. The molecule has 13 heteroatoms. The van der Waals surface area contributed by atoms with Gasteiger partial charge in [-0.2, -0.15) is 5.10 Å². The molecule has 0 unspecified atom stereocenters. The molecule has 48 heavy (non-hydrogen) atoms. The van der Waals surface area contributed by atoms with Crippen LogP contribution in [0.5, 0.6) is 11.5 Å². The number of methoxy groups -OCH3 is 1. The van der Waals surface area contributed by atoms with Crippen LogP contribution in [0.3, 0.4) is 0 Å². The maximum atomic E-state index is 14.3. The van der Waals surface area contributed by atoms with E-state index in [1.54, 1.807) is 81.2 Å². The van der Waals surface area contributed by atoms with Crippen LogP contribution in [0.4, 0.5) is 5.69 Å². The third kappa shape index (κ3) is 6.02. The summed E-state index contributed by atoms with van der Waals surface area (Å²) in [7, 11) is 1.56. The molecular weight excluding hydrogens is 634 g/mol. The predicted octanol–water partition coefficient (Wildman–Crippen LogP) is 4.97. The summed E-state index contributed by atoms with van der Waals surface area (Å²) in [5.41, 5.74) is 3.02. The number of nitro groups is 1. The smallest absolute Gasteiger partial charge is 0.338 e. The standard InChI is InChI=1S/C35H31N5O7S/c1-5-46-28-17-14-23(18-27(28)40(43)44)31-24(20-38(37-31)25-10-8-7-9-11-25)19-29-33(41)39-32(22-12-15-26(45-4)16-13-22)30(34(42)47-6-2)21(3)36-35(39)48-29/h7-20,32H,5-6H2,1-4H3/b29-19-/t32-/m0/s1. The highest BCUT2D eigenvalue weighted by Gasteiger charge is 2.33. The van der Waals surface area contributed by atoms with Gasteiger partial charge in [-0.3, -0.25) is 19.5 Å². The topological polar surface area (TPSA) is 140 Å². The van der Waals surface area contributed by atoms with Crippen molar-refractivity contribution in [1.29, 1.82) is 0 Å². The Morgan fingerprint density at radius 1 is 1.06 bits per heavy atom. The molecule has 0 saturated carbocycles. The van der Waals surface area contributed by atoms with E-state index < -0.39 is 16.9 Å². The first-order chi connectivity index (χ1) is 23.2. The zero-order valence-electron chi connectivity index (χ0n) is 26.6. The number of nitro benzene ring substituents is 1. The van der Waals surface area contributed by atoms with E-state index in [1.165, 1.54) is 22.0 Å². The number of rotatable bonds is 10. The number of esters is 1. The monoisotopic (exact) mass is 665 g/mol. The number of allylic oxidation sites excluding steroid dienone is 1. The number of para-hydroxylation sites is 1. The van der Waals surface area contributed by atoms with Crippen LogP contribution in [-0.4, -0.2) is 45.6 Å². The number of nitrogens with zero attached hydrogens (tertiary/aromatic N) is 5. The third-order valence-corrected chi connectivity index (χ3v) is 8.71. The molecule has 0 saturated heterocycles. The highest BCUT2D eigenvalue weighted by atomic mass is 32.1. The van der Waals surface area contributed by atoms with Crippen LogP contribution >= 0.6 is 11.3 Å². The molecule has 3 aromatic carbocycles. The van der Waals surface area contributed by atoms with Crippen molar-refractivity contribution in [2.24, 2.45) is 4.99 Å². The number of aromatic nitrogens is 3. The minimum absolute atomic E-state index is 0.148. The lowest BCUT2D eigenvalue weighted by Crippen LogP contribution is -2.39. The molecule has 2 aromatic heterocycles. The highest BCUT2D eigenvalue weighted by Crippen LogP contribution is 2.34. The van der Waals surface area contributed by atoms with E-state index in [0.29, 0.717) is 43.2 Å². The number of hydrogen-bond donors (Lipinski definition) is 0. The Bertz CT molecular complexity index is 2240. The van der Waals surface area contributed by atoms with Gasteiger partial charge in [0.15, 0.2) is 10.6 Å². The SMILES string of the molecule is CCOC(=O)C1=C(C)N=c2s/c(=C\c3cn(-c4ccccc4)nc3-c3ccc(OCC)c([N+](=O)[O-])c3)c(=O)n2[C@H]1c1ccc(OC)cc1. The first kappa shape index (κ1) is 32.1. The summed E-state index contributed by atoms with van der Waals surface area (Å²) < 4.78 is 19.7. The molecule has 0 radical (unpaired) electrons. The molecule has 6 rings (SSSR count). The molecule has 0 aliphatic carbocycles. The Balaban J connectivity index is 1.56. The van der Waals surface area contributed by atoms with E-state index in [9.17, 15) is 19.7 Å². The molecule has 0 N–H and O–H groups in total. The lowest BCUT2D eigenvalue weighted by atomic mass is 9.96. The van der Waals surface area contributed by atoms with Crippen molar-refractivity contribution >= 4 is 29.1 Å². The third-order valence-electron chi connectivity index (χ3n) is 7.73. The van der Waals surface area contributed by atoms with Crippen LogP contribution in [0.1, 0.15) is 37.9 Å². The molecule has 0 fully saturated rings. The second-order valence-electron chi connectivity index (χ2n) is 10.7. The van der Waals surface area contributed by atoms with Gasteiger partial charge in [0.25, 0.3) is 5.56 Å². The number of ether oxygens (including phenoxy) is 3. The van der Waals surface area contributed by atoms with Gasteiger partial charge in [-0.1, -0.05) is 41.7 Å². The van der Waals surface area contributed by atoms with Crippen molar-refractivity contribution in [3.63, 3.8) is 0 Å². The number of thiazole rings is 1. The van der Waals surface area contributed by atoms with Gasteiger partial charge in [0.2, 0.25) is 0 Å². The molecule has 1 aliphatic rings. The molecule has 12 nitrogen and oxygen atoms in total. The first-order valence-corrected chi connectivity index (χ1v) is 16.0. The zero-order valence-corrected chi connectivity index (χ0v) is 27.4. The fourth-order valence-electron chi connectivity index (χ4n) is 5.55. The van der Waals surface area contributed by atoms with Gasteiger partial charge in [-0.05, 0) is 68.8 Å². The predicted molar refractivity (Wildman–Crippen MR) is 180 cm³/mol. The Labute approximate surface area is 278 Å². The van der Waals surface area contributed by atoms with Gasteiger partial charge in [0, 0.05) is 23.4 Å². The number of hydrogen-bond acceptors (Lipinski definition) is 10. The average Bonchev–Trinajstić information content (AvgIpc) is 3.65.